The Kier molecular flexibility index (Phi) is 4.60. The first-order chi connectivity index (χ1) is 9.27. The molecular formula is C14H22N4O. The maximum Gasteiger partial charge on any atom is 0.190 e. The summed E-state index contributed by atoms with van der Waals surface area (Å²) in [4.78, 5) is 6.63. The Bertz CT molecular complexity index is 447. The van der Waals surface area contributed by atoms with Crippen molar-refractivity contribution in [2.24, 2.45) is 10.9 Å². The molecule has 1 aliphatic heterocycles. The van der Waals surface area contributed by atoms with Crippen LogP contribution in [0.5, 0.6) is 0 Å². The second kappa shape index (κ2) is 6.41. The fraction of sp³-hybridized carbons (Fsp3) is 0.571. The molecule has 0 amide bonds. The standard InChI is InChI=1S/C14H22N4O/c1-2-11-7-4-3-5-10-18(11)12-8-6-9-16-13(12)14(15)17-19/h6,8-9,11,19H,2-5,7,10H2,1H3,(H2,15,17). The van der Waals surface area contributed by atoms with Crippen molar-refractivity contribution >= 4 is 11.5 Å². The van der Waals surface area contributed by atoms with Crippen LogP contribution >= 0.6 is 0 Å². The molecule has 1 aliphatic rings. The molecule has 0 aliphatic carbocycles. The average molecular weight is 262 g/mol. The van der Waals surface area contributed by atoms with Crippen molar-refractivity contribution in [3.05, 3.63) is 24.0 Å². The number of anilines is 1. The molecule has 5 nitrogen and oxygen atoms in total. The highest BCUT2D eigenvalue weighted by atomic mass is 16.4. The summed E-state index contributed by atoms with van der Waals surface area (Å²) in [7, 11) is 0. The molecule has 0 radical (unpaired) electrons. The predicted octanol–water partition coefficient (Wildman–Crippen LogP) is 2.34. The number of nitrogens with zero attached hydrogens (tertiary/aromatic N) is 3. The number of pyridine rings is 1. The van der Waals surface area contributed by atoms with Gasteiger partial charge >= 0.3 is 0 Å². The lowest BCUT2D eigenvalue weighted by molar-refractivity contribution is 0.318. The molecule has 1 unspecified atom stereocenters. The van der Waals surface area contributed by atoms with Crippen LogP contribution in [0.4, 0.5) is 5.69 Å². The summed E-state index contributed by atoms with van der Waals surface area (Å²) in [6.45, 7) is 3.22. The first-order valence-corrected chi connectivity index (χ1v) is 6.97. The van der Waals surface area contributed by atoms with Crippen LogP contribution in [0, 0.1) is 0 Å². The highest BCUT2D eigenvalue weighted by molar-refractivity contribution is 6.00. The van der Waals surface area contributed by atoms with Gasteiger partial charge in [0.05, 0.1) is 5.69 Å². The number of nitrogens with two attached hydrogens (primary N) is 1. The first-order valence-electron chi connectivity index (χ1n) is 6.97. The highest BCUT2D eigenvalue weighted by Gasteiger charge is 2.23. The van der Waals surface area contributed by atoms with Crippen molar-refractivity contribution < 1.29 is 5.21 Å². The van der Waals surface area contributed by atoms with E-state index in [0.29, 0.717) is 11.7 Å². The third kappa shape index (κ3) is 2.97. The molecule has 0 bridgehead atoms. The number of aromatic nitrogens is 1. The molecule has 104 valence electrons. The summed E-state index contributed by atoms with van der Waals surface area (Å²) in [6, 6.07) is 4.42. The second-order valence-corrected chi connectivity index (χ2v) is 4.96. The van der Waals surface area contributed by atoms with Gasteiger partial charge in [-0.05, 0) is 31.4 Å². The van der Waals surface area contributed by atoms with Crippen molar-refractivity contribution in [2.45, 2.75) is 45.1 Å². The molecule has 1 aromatic rings. The van der Waals surface area contributed by atoms with Crippen molar-refractivity contribution in [2.75, 3.05) is 11.4 Å². The maximum absolute atomic E-state index is 8.89. The van der Waals surface area contributed by atoms with Crippen LogP contribution in [0.3, 0.4) is 0 Å². The molecule has 3 N–H and O–H groups in total. The molecule has 1 aromatic heterocycles. The van der Waals surface area contributed by atoms with Crippen LogP contribution in [0.25, 0.3) is 0 Å². The molecule has 1 fully saturated rings. The van der Waals surface area contributed by atoms with Gasteiger partial charge in [0.15, 0.2) is 5.84 Å². The summed E-state index contributed by atoms with van der Waals surface area (Å²) in [5, 5.41) is 12.0. The Labute approximate surface area is 114 Å². The SMILES string of the molecule is CCC1CCCCCN1c1cccnc1/C(N)=N/O. The van der Waals surface area contributed by atoms with Gasteiger partial charge in [-0.2, -0.15) is 0 Å². The van der Waals surface area contributed by atoms with E-state index in [1.54, 1.807) is 6.20 Å². The lowest BCUT2D eigenvalue weighted by Crippen LogP contribution is -2.36. The molecule has 2 rings (SSSR count). The average Bonchev–Trinajstić information content (AvgIpc) is 2.71. The van der Waals surface area contributed by atoms with E-state index in [0.717, 1.165) is 18.7 Å². The lowest BCUT2D eigenvalue weighted by Gasteiger charge is -2.32. The van der Waals surface area contributed by atoms with Gasteiger partial charge in [-0.15, -0.1) is 0 Å². The topological polar surface area (TPSA) is 74.7 Å². The number of oxime groups is 1. The second-order valence-electron chi connectivity index (χ2n) is 4.96. The van der Waals surface area contributed by atoms with Crippen molar-refractivity contribution in [3.8, 4) is 0 Å². The van der Waals surface area contributed by atoms with Crippen molar-refractivity contribution in [1.29, 1.82) is 0 Å². The van der Waals surface area contributed by atoms with Crippen LogP contribution in [0.15, 0.2) is 23.5 Å². The van der Waals surface area contributed by atoms with Crippen molar-refractivity contribution in [3.63, 3.8) is 0 Å². The van der Waals surface area contributed by atoms with E-state index >= 15 is 0 Å². The highest BCUT2D eigenvalue weighted by Crippen LogP contribution is 2.27. The van der Waals surface area contributed by atoms with Crippen LogP contribution < -0.4 is 10.6 Å². The zero-order valence-electron chi connectivity index (χ0n) is 11.4. The van der Waals surface area contributed by atoms with E-state index in [1.807, 2.05) is 12.1 Å². The number of hydrogen-bond donors (Lipinski definition) is 2. The fourth-order valence-electron chi connectivity index (χ4n) is 2.79. The zero-order valence-corrected chi connectivity index (χ0v) is 11.4. The number of rotatable bonds is 3. The van der Waals surface area contributed by atoms with Gasteiger partial charge in [-0.1, -0.05) is 24.9 Å². The molecule has 1 atom stereocenters. The summed E-state index contributed by atoms with van der Waals surface area (Å²) in [6.07, 6.45) is 7.70. The van der Waals surface area contributed by atoms with Gasteiger partial charge in [0, 0.05) is 18.8 Å². The maximum atomic E-state index is 8.89. The Morgan fingerprint density at radius 2 is 2.37 bits per heavy atom. The molecule has 19 heavy (non-hydrogen) atoms. The zero-order chi connectivity index (χ0) is 13.7. The van der Waals surface area contributed by atoms with E-state index in [9.17, 15) is 0 Å². The monoisotopic (exact) mass is 262 g/mol. The van der Waals surface area contributed by atoms with Crippen molar-refractivity contribution in [1.82, 2.24) is 4.98 Å². The minimum atomic E-state index is 0.0784. The molecular weight excluding hydrogens is 240 g/mol. The smallest absolute Gasteiger partial charge is 0.190 e. The van der Waals surface area contributed by atoms with Gasteiger partial charge in [0.25, 0.3) is 0 Å². The third-order valence-corrected chi connectivity index (χ3v) is 3.79. The van der Waals surface area contributed by atoms with Crippen LogP contribution in [-0.4, -0.2) is 28.6 Å². The third-order valence-electron chi connectivity index (χ3n) is 3.79. The fourth-order valence-corrected chi connectivity index (χ4v) is 2.79. The Hall–Kier alpha value is -1.78. The van der Waals surface area contributed by atoms with E-state index in [1.165, 1.54) is 25.7 Å². The quantitative estimate of drug-likeness (QED) is 0.379. The Balaban J connectivity index is 2.38. The largest absolute Gasteiger partial charge is 0.409 e. The predicted molar refractivity (Wildman–Crippen MR) is 76.6 cm³/mol. The van der Waals surface area contributed by atoms with E-state index in [2.05, 4.69) is 22.0 Å². The van der Waals surface area contributed by atoms with Gasteiger partial charge in [0.1, 0.15) is 5.69 Å². The van der Waals surface area contributed by atoms with Crippen LogP contribution in [-0.2, 0) is 0 Å². The van der Waals surface area contributed by atoms with E-state index in [4.69, 9.17) is 10.9 Å². The molecule has 2 heterocycles. The summed E-state index contributed by atoms with van der Waals surface area (Å²) < 4.78 is 0. The number of hydrogen-bond acceptors (Lipinski definition) is 4. The van der Waals surface area contributed by atoms with E-state index in [-0.39, 0.29) is 5.84 Å². The summed E-state index contributed by atoms with van der Waals surface area (Å²) in [5.74, 6) is 0.0784. The summed E-state index contributed by atoms with van der Waals surface area (Å²) >= 11 is 0. The van der Waals surface area contributed by atoms with Gasteiger partial charge in [-0.3, -0.25) is 4.98 Å². The van der Waals surface area contributed by atoms with E-state index < -0.39 is 0 Å². The van der Waals surface area contributed by atoms with Gasteiger partial charge in [-0.25, -0.2) is 0 Å². The Morgan fingerprint density at radius 3 is 3.11 bits per heavy atom. The molecule has 1 saturated heterocycles. The van der Waals surface area contributed by atoms with Crippen LogP contribution in [0.1, 0.15) is 44.7 Å². The lowest BCUT2D eigenvalue weighted by atomic mass is 10.1. The van der Waals surface area contributed by atoms with Gasteiger partial charge in [0.2, 0.25) is 0 Å². The minimum absolute atomic E-state index is 0.0784. The number of amidine groups is 1. The molecule has 0 spiro atoms. The first kappa shape index (κ1) is 13.6. The molecule has 5 heteroatoms. The van der Waals surface area contributed by atoms with Crippen LogP contribution in [0.2, 0.25) is 0 Å². The normalized spacial score (nSPS) is 21.2. The molecule has 0 aromatic carbocycles. The van der Waals surface area contributed by atoms with Gasteiger partial charge < -0.3 is 15.8 Å². The molecule has 0 saturated carbocycles. The summed E-state index contributed by atoms with van der Waals surface area (Å²) in [5.41, 5.74) is 7.29. The minimum Gasteiger partial charge on any atom is -0.409 e. The Morgan fingerprint density at radius 1 is 1.53 bits per heavy atom.